The van der Waals surface area contributed by atoms with Crippen LogP contribution in [0.25, 0.3) is 0 Å². The standard InChI is InChI=1S/C14H30N4O2/c1-5-15-14(2,13(19)20)12-18-10-8-17(9-11-18)7-6-16(3)4/h15H,5-12H2,1-4H3,(H,19,20). The predicted octanol–water partition coefficient (Wildman–Crippen LogP) is -0.382. The topological polar surface area (TPSA) is 59.0 Å². The van der Waals surface area contributed by atoms with Gasteiger partial charge in [0.25, 0.3) is 0 Å². The van der Waals surface area contributed by atoms with E-state index in [-0.39, 0.29) is 0 Å². The number of likely N-dealkylation sites (N-methyl/N-ethyl adjacent to an activating group) is 2. The van der Waals surface area contributed by atoms with E-state index in [4.69, 9.17) is 0 Å². The van der Waals surface area contributed by atoms with Crippen molar-refractivity contribution in [3.8, 4) is 0 Å². The predicted molar refractivity (Wildman–Crippen MR) is 81.2 cm³/mol. The molecule has 0 bridgehead atoms. The summed E-state index contributed by atoms with van der Waals surface area (Å²) in [6.07, 6.45) is 0. The minimum atomic E-state index is -0.847. The van der Waals surface area contributed by atoms with Gasteiger partial charge < -0.3 is 15.3 Å². The van der Waals surface area contributed by atoms with Crippen LogP contribution in [0.1, 0.15) is 13.8 Å². The maximum atomic E-state index is 11.4. The summed E-state index contributed by atoms with van der Waals surface area (Å²) in [7, 11) is 4.18. The van der Waals surface area contributed by atoms with Gasteiger partial charge >= 0.3 is 5.97 Å². The SMILES string of the molecule is CCNC(C)(CN1CCN(CCN(C)C)CC1)C(=O)O. The van der Waals surface area contributed by atoms with Crippen molar-refractivity contribution in [3.63, 3.8) is 0 Å². The second kappa shape index (κ2) is 7.93. The van der Waals surface area contributed by atoms with Crippen LogP contribution in [0.4, 0.5) is 0 Å². The lowest BCUT2D eigenvalue weighted by atomic mass is 10.0. The fourth-order valence-corrected chi connectivity index (χ4v) is 2.55. The Hall–Kier alpha value is -0.690. The molecule has 1 fully saturated rings. The summed E-state index contributed by atoms with van der Waals surface area (Å²) in [6.45, 7) is 11.1. The molecule has 0 radical (unpaired) electrons. The van der Waals surface area contributed by atoms with Crippen LogP contribution >= 0.6 is 0 Å². The minimum absolute atomic E-state index is 0.567. The van der Waals surface area contributed by atoms with Gasteiger partial charge in [-0.15, -0.1) is 0 Å². The van der Waals surface area contributed by atoms with Gasteiger partial charge in [0, 0.05) is 45.8 Å². The fraction of sp³-hybridized carbons (Fsp3) is 0.929. The van der Waals surface area contributed by atoms with E-state index in [0.29, 0.717) is 13.1 Å². The Bertz CT molecular complexity index is 304. The van der Waals surface area contributed by atoms with Gasteiger partial charge in [0.05, 0.1) is 0 Å². The summed E-state index contributed by atoms with van der Waals surface area (Å²) in [4.78, 5) is 18.3. The van der Waals surface area contributed by atoms with E-state index < -0.39 is 11.5 Å². The monoisotopic (exact) mass is 286 g/mol. The van der Waals surface area contributed by atoms with Gasteiger partial charge in [0.15, 0.2) is 0 Å². The van der Waals surface area contributed by atoms with E-state index in [1.165, 1.54) is 0 Å². The maximum Gasteiger partial charge on any atom is 0.324 e. The average Bonchev–Trinajstić information content (AvgIpc) is 2.38. The van der Waals surface area contributed by atoms with Crippen molar-refractivity contribution in [2.45, 2.75) is 19.4 Å². The first-order valence-electron chi connectivity index (χ1n) is 7.45. The van der Waals surface area contributed by atoms with Crippen LogP contribution < -0.4 is 5.32 Å². The Morgan fingerprint density at radius 3 is 2.25 bits per heavy atom. The second-order valence-electron chi connectivity index (χ2n) is 6.09. The van der Waals surface area contributed by atoms with E-state index in [9.17, 15) is 9.90 Å². The van der Waals surface area contributed by atoms with Gasteiger partial charge in [-0.1, -0.05) is 6.92 Å². The van der Waals surface area contributed by atoms with Crippen molar-refractivity contribution in [1.82, 2.24) is 20.0 Å². The quantitative estimate of drug-likeness (QED) is 0.634. The lowest BCUT2D eigenvalue weighted by Gasteiger charge is -2.39. The molecule has 1 unspecified atom stereocenters. The first-order chi connectivity index (χ1) is 9.37. The molecule has 118 valence electrons. The Morgan fingerprint density at radius 2 is 1.80 bits per heavy atom. The fourth-order valence-electron chi connectivity index (χ4n) is 2.55. The molecule has 0 aromatic carbocycles. The van der Waals surface area contributed by atoms with Crippen LogP contribution in [0.15, 0.2) is 0 Å². The zero-order valence-electron chi connectivity index (χ0n) is 13.4. The smallest absolute Gasteiger partial charge is 0.324 e. The molecule has 20 heavy (non-hydrogen) atoms. The molecule has 1 aliphatic heterocycles. The number of nitrogens with zero attached hydrogens (tertiary/aromatic N) is 3. The Kier molecular flexibility index (Phi) is 6.88. The first-order valence-corrected chi connectivity index (χ1v) is 7.45. The molecule has 1 heterocycles. The summed E-state index contributed by atoms with van der Waals surface area (Å²) in [5.74, 6) is -0.769. The lowest BCUT2D eigenvalue weighted by molar-refractivity contribution is -0.145. The molecule has 0 aromatic rings. The number of piperazine rings is 1. The van der Waals surface area contributed by atoms with E-state index in [1.54, 1.807) is 6.92 Å². The number of aliphatic carboxylic acids is 1. The highest BCUT2D eigenvalue weighted by atomic mass is 16.4. The van der Waals surface area contributed by atoms with Gasteiger partial charge in [-0.25, -0.2) is 0 Å². The number of hydrogen-bond acceptors (Lipinski definition) is 5. The molecule has 0 saturated carbocycles. The van der Waals surface area contributed by atoms with Crippen molar-refractivity contribution in [1.29, 1.82) is 0 Å². The summed E-state index contributed by atoms with van der Waals surface area (Å²) in [5, 5.41) is 12.5. The van der Waals surface area contributed by atoms with Crippen molar-refractivity contribution >= 4 is 5.97 Å². The molecule has 1 atom stereocenters. The van der Waals surface area contributed by atoms with E-state index >= 15 is 0 Å². The van der Waals surface area contributed by atoms with Crippen molar-refractivity contribution in [2.24, 2.45) is 0 Å². The molecular formula is C14H30N4O2. The third-order valence-corrected chi connectivity index (χ3v) is 3.91. The molecule has 0 spiro atoms. The van der Waals surface area contributed by atoms with Crippen LogP contribution in [0, 0.1) is 0 Å². The molecule has 0 amide bonds. The highest BCUT2D eigenvalue weighted by Crippen LogP contribution is 2.10. The van der Waals surface area contributed by atoms with E-state index in [2.05, 4.69) is 34.1 Å². The molecule has 6 nitrogen and oxygen atoms in total. The molecule has 0 aromatic heterocycles. The number of carbonyl (C=O) groups is 1. The van der Waals surface area contributed by atoms with Gasteiger partial charge in [0.2, 0.25) is 0 Å². The van der Waals surface area contributed by atoms with Crippen molar-refractivity contribution in [2.75, 3.05) is 66.5 Å². The molecule has 1 rings (SSSR count). The number of rotatable bonds is 8. The van der Waals surface area contributed by atoms with Crippen molar-refractivity contribution in [3.05, 3.63) is 0 Å². The Labute approximate surface area is 122 Å². The third-order valence-electron chi connectivity index (χ3n) is 3.91. The molecule has 6 heteroatoms. The zero-order chi connectivity index (χ0) is 15.2. The highest BCUT2D eigenvalue weighted by molar-refractivity contribution is 5.78. The van der Waals surface area contributed by atoms with Crippen molar-refractivity contribution < 1.29 is 9.90 Å². The number of nitrogens with one attached hydrogen (secondary N) is 1. The first kappa shape index (κ1) is 17.4. The second-order valence-corrected chi connectivity index (χ2v) is 6.09. The third kappa shape index (κ3) is 5.36. The zero-order valence-corrected chi connectivity index (χ0v) is 13.4. The van der Waals surface area contributed by atoms with Gasteiger partial charge in [-0.3, -0.25) is 14.6 Å². The Morgan fingerprint density at radius 1 is 1.25 bits per heavy atom. The Balaban J connectivity index is 2.39. The summed E-state index contributed by atoms with van der Waals surface area (Å²) in [6, 6.07) is 0. The minimum Gasteiger partial charge on any atom is -0.480 e. The number of carboxylic acid groups (broad SMARTS) is 1. The van der Waals surface area contributed by atoms with Crippen LogP contribution in [0.3, 0.4) is 0 Å². The molecule has 1 aliphatic rings. The molecule has 2 N–H and O–H groups in total. The largest absolute Gasteiger partial charge is 0.480 e. The maximum absolute atomic E-state index is 11.4. The summed E-state index contributed by atoms with van der Waals surface area (Å²) < 4.78 is 0. The molecule has 1 saturated heterocycles. The van der Waals surface area contributed by atoms with E-state index in [1.807, 2.05) is 6.92 Å². The van der Waals surface area contributed by atoms with Crippen LogP contribution in [0.5, 0.6) is 0 Å². The summed E-state index contributed by atoms with van der Waals surface area (Å²) >= 11 is 0. The van der Waals surface area contributed by atoms with Gasteiger partial charge in [0.1, 0.15) is 5.54 Å². The average molecular weight is 286 g/mol. The number of hydrogen-bond donors (Lipinski definition) is 2. The molecule has 0 aliphatic carbocycles. The van der Waals surface area contributed by atoms with Crippen LogP contribution in [0.2, 0.25) is 0 Å². The van der Waals surface area contributed by atoms with Gasteiger partial charge in [-0.05, 0) is 27.6 Å². The van der Waals surface area contributed by atoms with Gasteiger partial charge in [-0.2, -0.15) is 0 Å². The highest BCUT2D eigenvalue weighted by Gasteiger charge is 2.34. The number of carboxylic acids is 1. The summed E-state index contributed by atoms with van der Waals surface area (Å²) in [5.41, 5.74) is -0.847. The lowest BCUT2D eigenvalue weighted by Crippen LogP contribution is -2.59. The normalized spacial score (nSPS) is 21.1. The van der Waals surface area contributed by atoms with Crippen LogP contribution in [-0.4, -0.2) is 97.8 Å². The van der Waals surface area contributed by atoms with E-state index in [0.717, 1.165) is 39.3 Å². The molecular weight excluding hydrogens is 256 g/mol. The van der Waals surface area contributed by atoms with Crippen LogP contribution in [-0.2, 0) is 4.79 Å².